The van der Waals surface area contributed by atoms with Gasteiger partial charge >= 0.3 is 0 Å². The third-order valence-electron chi connectivity index (χ3n) is 6.25. The summed E-state index contributed by atoms with van der Waals surface area (Å²) in [7, 11) is 0. The highest BCUT2D eigenvalue weighted by atomic mass is 32.2. The normalized spacial score (nSPS) is 15.3. The molecular weight excluding hydrogens is 449 g/mol. The minimum atomic E-state index is -1.11. The number of halogens is 1. The number of hydrogen-bond acceptors (Lipinski definition) is 5. The van der Waals surface area contributed by atoms with Crippen molar-refractivity contribution in [1.29, 1.82) is 0 Å². The van der Waals surface area contributed by atoms with Crippen molar-refractivity contribution < 1.29 is 14.3 Å². The van der Waals surface area contributed by atoms with Crippen molar-refractivity contribution in [1.82, 2.24) is 9.88 Å². The highest BCUT2D eigenvalue weighted by Gasteiger charge is 2.35. The van der Waals surface area contributed by atoms with Gasteiger partial charge in [0.25, 0.3) is 5.91 Å². The Bertz CT molecular complexity index is 1320. The average molecular weight is 474 g/mol. The number of benzene rings is 3. The van der Waals surface area contributed by atoms with Crippen molar-refractivity contribution in [3.63, 3.8) is 0 Å². The van der Waals surface area contributed by atoms with Crippen LogP contribution in [0.2, 0.25) is 0 Å². The molecule has 4 aromatic rings. The summed E-state index contributed by atoms with van der Waals surface area (Å²) < 4.78 is 16.9. The van der Waals surface area contributed by atoms with E-state index in [2.05, 4.69) is 9.71 Å². The largest absolute Gasteiger partial charge is 0.385 e. The Hall–Kier alpha value is -3.42. The molecule has 0 bridgehead atoms. The molecule has 0 radical (unpaired) electrons. The molecule has 0 unspecified atom stereocenters. The number of rotatable bonds is 5. The Labute approximate surface area is 201 Å². The smallest absolute Gasteiger partial charge is 0.253 e. The molecule has 3 aromatic carbocycles. The van der Waals surface area contributed by atoms with Crippen molar-refractivity contribution in [2.75, 3.05) is 17.8 Å². The summed E-state index contributed by atoms with van der Waals surface area (Å²) in [5.74, 6) is -0.438. The van der Waals surface area contributed by atoms with Crippen LogP contribution in [0.4, 0.5) is 10.1 Å². The number of carbonyl (C=O) groups is 1. The second kappa shape index (κ2) is 9.44. The zero-order valence-electron chi connectivity index (χ0n) is 18.4. The average Bonchev–Trinajstić information content (AvgIpc) is 2.88. The van der Waals surface area contributed by atoms with Gasteiger partial charge in [-0.3, -0.25) is 9.78 Å². The van der Waals surface area contributed by atoms with Crippen molar-refractivity contribution in [3.05, 3.63) is 102 Å². The van der Waals surface area contributed by atoms with Gasteiger partial charge in [-0.1, -0.05) is 30.3 Å². The number of pyridine rings is 1. The molecule has 0 atom stereocenters. The molecule has 5 rings (SSSR count). The molecule has 1 fully saturated rings. The maximum absolute atomic E-state index is 13.6. The van der Waals surface area contributed by atoms with Crippen molar-refractivity contribution in [2.45, 2.75) is 23.3 Å². The predicted molar refractivity (Wildman–Crippen MR) is 133 cm³/mol. The summed E-state index contributed by atoms with van der Waals surface area (Å²) in [6.07, 6.45) is 2.53. The van der Waals surface area contributed by atoms with E-state index in [0.717, 1.165) is 21.5 Å². The summed E-state index contributed by atoms with van der Waals surface area (Å²) in [6, 6.07) is 23.5. The quantitative estimate of drug-likeness (QED) is 0.369. The van der Waals surface area contributed by atoms with Gasteiger partial charge in [0.15, 0.2) is 0 Å². The zero-order chi connectivity index (χ0) is 23.5. The lowest BCUT2D eigenvalue weighted by atomic mass is 9.84. The number of nitrogens with zero attached hydrogens (tertiary/aromatic N) is 2. The number of amides is 1. The van der Waals surface area contributed by atoms with Crippen LogP contribution in [-0.2, 0) is 5.60 Å². The van der Waals surface area contributed by atoms with E-state index in [0.29, 0.717) is 37.1 Å². The van der Waals surface area contributed by atoms with Gasteiger partial charge in [-0.2, -0.15) is 0 Å². The van der Waals surface area contributed by atoms with Crippen LogP contribution in [0.1, 0.15) is 28.8 Å². The number of aromatic nitrogens is 1. The number of nitrogens with one attached hydrogen (secondary N) is 1. The van der Waals surface area contributed by atoms with E-state index in [1.165, 1.54) is 24.1 Å². The fourth-order valence-corrected chi connectivity index (χ4v) is 5.06. The Morgan fingerprint density at radius 2 is 1.74 bits per heavy atom. The van der Waals surface area contributed by atoms with Crippen molar-refractivity contribution in [3.8, 4) is 0 Å². The second-order valence-corrected chi connectivity index (χ2v) is 9.29. The number of anilines is 1. The fourth-order valence-electron chi connectivity index (χ4n) is 4.28. The molecule has 172 valence electrons. The number of piperidine rings is 1. The molecule has 34 heavy (non-hydrogen) atoms. The second-order valence-electron chi connectivity index (χ2n) is 8.45. The molecule has 2 N–H and O–H groups in total. The van der Waals surface area contributed by atoms with Crippen LogP contribution in [0, 0.1) is 5.82 Å². The van der Waals surface area contributed by atoms with E-state index in [-0.39, 0.29) is 11.7 Å². The lowest BCUT2D eigenvalue weighted by Gasteiger charge is -2.38. The predicted octanol–water partition coefficient (Wildman–Crippen LogP) is 5.62. The molecule has 2 heterocycles. The Kier molecular flexibility index (Phi) is 6.22. The standard InChI is InChI=1S/C27H24FN3O2S/c28-22-7-2-6-21(18-22)27(33)13-16-31(17-14-27)26(32)20-9-11-23(12-10-20)30-34-24-8-1-4-19-5-3-15-29-25(19)24/h1-12,15,18,30,33H,13-14,16-17H2. The lowest BCUT2D eigenvalue weighted by molar-refractivity contribution is -0.0213. The first-order valence-corrected chi connectivity index (χ1v) is 12.0. The molecule has 1 aromatic heterocycles. The van der Waals surface area contributed by atoms with Crippen molar-refractivity contribution in [2.24, 2.45) is 0 Å². The summed E-state index contributed by atoms with van der Waals surface area (Å²) in [6.45, 7) is 0.825. The van der Waals surface area contributed by atoms with Gasteiger partial charge < -0.3 is 14.7 Å². The van der Waals surface area contributed by atoms with Crippen LogP contribution in [0.15, 0.2) is 90.0 Å². The van der Waals surface area contributed by atoms with Crippen LogP contribution in [-0.4, -0.2) is 34.0 Å². The van der Waals surface area contributed by atoms with Gasteiger partial charge in [-0.25, -0.2) is 4.39 Å². The topological polar surface area (TPSA) is 65.5 Å². The molecule has 7 heteroatoms. The van der Waals surface area contributed by atoms with Gasteiger partial charge in [0, 0.05) is 35.9 Å². The number of para-hydroxylation sites is 1. The van der Waals surface area contributed by atoms with Crippen LogP contribution in [0.3, 0.4) is 0 Å². The van der Waals surface area contributed by atoms with E-state index in [9.17, 15) is 14.3 Å². The Balaban J connectivity index is 1.20. The van der Waals surface area contributed by atoms with Gasteiger partial charge in [0.05, 0.1) is 16.0 Å². The van der Waals surface area contributed by atoms with Gasteiger partial charge in [-0.15, -0.1) is 0 Å². The Morgan fingerprint density at radius 3 is 2.50 bits per heavy atom. The first-order valence-electron chi connectivity index (χ1n) is 11.2. The Morgan fingerprint density at radius 1 is 1.00 bits per heavy atom. The minimum absolute atomic E-state index is 0.0706. The van der Waals surface area contributed by atoms with Gasteiger partial charge in [0.2, 0.25) is 0 Å². The number of hydrogen-bond donors (Lipinski definition) is 2. The highest BCUT2D eigenvalue weighted by Crippen LogP contribution is 2.34. The monoisotopic (exact) mass is 473 g/mol. The minimum Gasteiger partial charge on any atom is -0.385 e. The maximum atomic E-state index is 13.6. The van der Waals surface area contributed by atoms with Crippen LogP contribution in [0.25, 0.3) is 10.9 Å². The lowest BCUT2D eigenvalue weighted by Crippen LogP contribution is -2.45. The molecule has 1 aliphatic rings. The summed E-state index contributed by atoms with van der Waals surface area (Å²) in [5.41, 5.74) is 1.87. The SMILES string of the molecule is O=C(c1ccc(NSc2cccc3cccnc23)cc1)N1CCC(O)(c2cccc(F)c2)CC1. The zero-order valence-corrected chi connectivity index (χ0v) is 19.3. The van der Waals surface area contributed by atoms with E-state index in [1.54, 1.807) is 35.4 Å². The van der Waals surface area contributed by atoms with Gasteiger partial charge in [0.1, 0.15) is 5.82 Å². The molecule has 1 aliphatic heterocycles. The van der Waals surface area contributed by atoms with Crippen LogP contribution < -0.4 is 4.72 Å². The highest BCUT2D eigenvalue weighted by molar-refractivity contribution is 8.00. The number of likely N-dealkylation sites (tertiary alicyclic amines) is 1. The number of carbonyl (C=O) groups excluding carboxylic acids is 1. The van der Waals surface area contributed by atoms with E-state index >= 15 is 0 Å². The van der Waals surface area contributed by atoms with Crippen molar-refractivity contribution >= 4 is 34.4 Å². The van der Waals surface area contributed by atoms with E-state index in [4.69, 9.17) is 0 Å². The van der Waals surface area contributed by atoms with E-state index < -0.39 is 5.60 Å². The number of aliphatic hydroxyl groups is 1. The molecule has 0 saturated carbocycles. The summed E-state index contributed by atoms with van der Waals surface area (Å²) in [4.78, 5) is 20.2. The fraction of sp³-hybridized carbons (Fsp3) is 0.185. The van der Waals surface area contributed by atoms with Crippen LogP contribution in [0.5, 0.6) is 0 Å². The molecule has 1 amide bonds. The molecule has 1 saturated heterocycles. The summed E-state index contributed by atoms with van der Waals surface area (Å²) in [5, 5.41) is 12.1. The first-order chi connectivity index (χ1) is 16.5. The molecule has 0 aliphatic carbocycles. The van der Waals surface area contributed by atoms with Crippen LogP contribution >= 0.6 is 11.9 Å². The first kappa shape index (κ1) is 22.4. The summed E-state index contributed by atoms with van der Waals surface area (Å²) >= 11 is 1.48. The third-order valence-corrected chi connectivity index (χ3v) is 7.13. The van der Waals surface area contributed by atoms with E-state index in [1.807, 2.05) is 42.5 Å². The maximum Gasteiger partial charge on any atom is 0.253 e. The molecule has 5 nitrogen and oxygen atoms in total. The molecule has 0 spiro atoms. The van der Waals surface area contributed by atoms with Gasteiger partial charge in [-0.05, 0) is 78.9 Å². The number of fused-ring (bicyclic) bond motifs is 1. The third kappa shape index (κ3) is 4.62. The molecular formula is C27H24FN3O2S.